The van der Waals surface area contributed by atoms with Crippen LogP contribution in [0, 0.1) is 10.1 Å². The first-order valence-electron chi connectivity index (χ1n) is 9.89. The molecule has 1 aromatic carbocycles. The molecule has 0 aliphatic carbocycles. The summed E-state index contributed by atoms with van der Waals surface area (Å²) in [5.41, 5.74) is 0.649. The molecule has 0 radical (unpaired) electrons. The molecule has 1 heterocycles. The number of esters is 2. The molecule has 2 rings (SSSR count). The zero-order valence-electron chi connectivity index (χ0n) is 18.2. The average molecular weight is 439 g/mol. The molecular formula is C20H30N2O7Si. The lowest BCUT2D eigenvalue weighted by atomic mass is 10.2. The van der Waals surface area contributed by atoms with Gasteiger partial charge < -0.3 is 14.0 Å². The maximum atomic E-state index is 12.6. The number of nitrogens with zero attached hydrogens (tertiary/aromatic N) is 2. The van der Waals surface area contributed by atoms with Gasteiger partial charge in [0.1, 0.15) is 12.6 Å². The molecule has 0 N–H and O–H groups in total. The van der Waals surface area contributed by atoms with E-state index in [9.17, 15) is 19.7 Å². The molecule has 0 aromatic heterocycles. The molecule has 0 spiro atoms. The highest BCUT2D eigenvalue weighted by molar-refractivity contribution is 6.77. The summed E-state index contributed by atoms with van der Waals surface area (Å²) in [5.74, 6) is -0.732. The summed E-state index contributed by atoms with van der Waals surface area (Å²) < 4.78 is 16.7. The van der Waals surface area contributed by atoms with E-state index >= 15 is 0 Å². The van der Waals surface area contributed by atoms with Crippen molar-refractivity contribution in [2.24, 2.45) is 0 Å². The zero-order valence-corrected chi connectivity index (χ0v) is 19.2. The highest BCUT2D eigenvalue weighted by Gasteiger charge is 2.49. The molecule has 166 valence electrons. The van der Waals surface area contributed by atoms with E-state index in [1.165, 1.54) is 19.2 Å². The van der Waals surface area contributed by atoms with Crippen LogP contribution in [0.1, 0.15) is 39.2 Å². The number of methoxy groups -OCH3 is 1. The van der Waals surface area contributed by atoms with Crippen molar-refractivity contribution in [1.29, 1.82) is 0 Å². The molecule has 0 saturated carbocycles. The molecule has 0 bridgehead atoms. The summed E-state index contributed by atoms with van der Waals surface area (Å²) in [5, 5.41) is 12.1. The second-order valence-electron chi connectivity index (χ2n) is 8.66. The third-order valence-electron chi connectivity index (χ3n) is 5.61. The lowest BCUT2D eigenvalue weighted by Gasteiger charge is -2.41. The number of carbonyl (C=O) groups excluding carboxylic acids is 2. The van der Waals surface area contributed by atoms with Crippen molar-refractivity contribution in [3.63, 3.8) is 0 Å². The van der Waals surface area contributed by atoms with Crippen molar-refractivity contribution >= 4 is 25.9 Å². The van der Waals surface area contributed by atoms with Gasteiger partial charge in [-0.05, 0) is 42.1 Å². The molecule has 1 aliphatic rings. The molecular weight excluding hydrogens is 408 g/mol. The van der Waals surface area contributed by atoms with Gasteiger partial charge in [-0.15, -0.1) is 0 Å². The Bertz CT molecular complexity index is 778. The SMILES string of the molecule is COC(=O)[C@@H]1CCCN1O[Si](C)(CC(=O)OCc1ccc([N+](=O)[O-])cc1)C(C)(C)C. The number of nitro groups is 1. The monoisotopic (exact) mass is 438 g/mol. The van der Waals surface area contributed by atoms with Gasteiger partial charge in [0.2, 0.25) is 8.32 Å². The quantitative estimate of drug-likeness (QED) is 0.262. The Morgan fingerprint density at radius 2 is 1.90 bits per heavy atom. The van der Waals surface area contributed by atoms with Crippen LogP contribution in [0.5, 0.6) is 0 Å². The third-order valence-corrected chi connectivity index (χ3v) is 10.4. The molecule has 1 aliphatic heterocycles. The number of benzene rings is 1. The molecule has 9 nitrogen and oxygen atoms in total. The van der Waals surface area contributed by atoms with Crippen LogP contribution in [0.15, 0.2) is 24.3 Å². The Labute approximate surface area is 177 Å². The molecule has 1 aromatic rings. The van der Waals surface area contributed by atoms with E-state index in [0.29, 0.717) is 18.5 Å². The Morgan fingerprint density at radius 3 is 2.43 bits per heavy atom. The van der Waals surface area contributed by atoms with Crippen LogP contribution in [0.2, 0.25) is 17.6 Å². The van der Waals surface area contributed by atoms with Crippen LogP contribution in [0.25, 0.3) is 0 Å². The van der Waals surface area contributed by atoms with Crippen molar-refractivity contribution < 1.29 is 28.5 Å². The van der Waals surface area contributed by atoms with Gasteiger partial charge in [-0.25, -0.2) is 0 Å². The number of carbonyl (C=O) groups is 2. The van der Waals surface area contributed by atoms with Gasteiger partial charge in [-0.3, -0.25) is 19.7 Å². The molecule has 0 amide bonds. The maximum Gasteiger partial charge on any atom is 0.325 e. The predicted octanol–water partition coefficient (Wildman–Crippen LogP) is 3.58. The topological polar surface area (TPSA) is 108 Å². The van der Waals surface area contributed by atoms with E-state index in [1.54, 1.807) is 17.2 Å². The van der Waals surface area contributed by atoms with Gasteiger partial charge in [-0.2, -0.15) is 5.06 Å². The van der Waals surface area contributed by atoms with Crippen molar-refractivity contribution in [3.05, 3.63) is 39.9 Å². The second-order valence-corrected chi connectivity index (χ2v) is 13.2. The average Bonchev–Trinajstić information content (AvgIpc) is 3.13. The minimum atomic E-state index is -2.69. The van der Waals surface area contributed by atoms with Crippen molar-refractivity contribution in [2.45, 2.75) is 63.9 Å². The van der Waals surface area contributed by atoms with E-state index in [2.05, 4.69) is 0 Å². The van der Waals surface area contributed by atoms with E-state index in [4.69, 9.17) is 14.0 Å². The Hall–Kier alpha value is -2.30. The second kappa shape index (κ2) is 9.67. The van der Waals surface area contributed by atoms with E-state index in [1.807, 2.05) is 27.3 Å². The van der Waals surface area contributed by atoms with Crippen LogP contribution < -0.4 is 0 Å². The first-order valence-corrected chi connectivity index (χ1v) is 12.5. The first kappa shape index (κ1) is 24.0. The van der Waals surface area contributed by atoms with Gasteiger partial charge >= 0.3 is 11.9 Å². The van der Waals surface area contributed by atoms with E-state index < -0.39 is 25.3 Å². The van der Waals surface area contributed by atoms with Crippen LogP contribution in [0.3, 0.4) is 0 Å². The molecule has 2 atom stereocenters. The number of rotatable bonds is 8. The predicted molar refractivity (Wildman–Crippen MR) is 112 cm³/mol. The largest absolute Gasteiger partial charge is 0.468 e. The number of non-ortho nitro benzene ring substituents is 1. The summed E-state index contributed by atoms with van der Waals surface area (Å²) in [7, 11) is -1.33. The Balaban J connectivity index is 2.03. The molecule has 10 heteroatoms. The smallest absolute Gasteiger partial charge is 0.325 e. The third kappa shape index (κ3) is 5.86. The maximum absolute atomic E-state index is 12.6. The van der Waals surface area contributed by atoms with E-state index in [0.717, 1.165) is 6.42 Å². The minimum Gasteiger partial charge on any atom is -0.468 e. The van der Waals surface area contributed by atoms with Crippen LogP contribution >= 0.6 is 0 Å². The van der Waals surface area contributed by atoms with Gasteiger partial charge in [0.15, 0.2) is 0 Å². The van der Waals surface area contributed by atoms with Crippen molar-refractivity contribution in [2.75, 3.05) is 13.7 Å². The number of hydroxylamine groups is 2. The van der Waals surface area contributed by atoms with Gasteiger partial charge in [0, 0.05) is 18.7 Å². The van der Waals surface area contributed by atoms with Gasteiger partial charge in [-0.1, -0.05) is 20.8 Å². The minimum absolute atomic E-state index is 0.0167. The highest BCUT2D eigenvalue weighted by Crippen LogP contribution is 2.41. The van der Waals surface area contributed by atoms with Gasteiger partial charge in [0.25, 0.3) is 5.69 Å². The molecule has 1 saturated heterocycles. The fraction of sp³-hybridized carbons (Fsp3) is 0.600. The summed E-state index contributed by atoms with van der Waals surface area (Å²) in [4.78, 5) is 34.9. The summed E-state index contributed by atoms with van der Waals surface area (Å²) >= 11 is 0. The Morgan fingerprint density at radius 1 is 1.27 bits per heavy atom. The summed E-state index contributed by atoms with van der Waals surface area (Å²) in [6, 6.07) is 5.54. The van der Waals surface area contributed by atoms with Crippen LogP contribution in [-0.2, 0) is 30.2 Å². The molecule has 30 heavy (non-hydrogen) atoms. The zero-order chi connectivity index (χ0) is 22.5. The number of nitro benzene ring substituents is 1. The highest BCUT2D eigenvalue weighted by atomic mass is 28.4. The van der Waals surface area contributed by atoms with Crippen molar-refractivity contribution in [1.82, 2.24) is 5.06 Å². The normalized spacial score (nSPS) is 19.2. The van der Waals surface area contributed by atoms with Gasteiger partial charge in [0.05, 0.1) is 18.1 Å². The van der Waals surface area contributed by atoms with Crippen LogP contribution in [-0.4, -0.2) is 49.9 Å². The molecule has 1 unspecified atom stereocenters. The lowest BCUT2D eigenvalue weighted by molar-refractivity contribution is -0.384. The van der Waals surface area contributed by atoms with Crippen molar-refractivity contribution in [3.8, 4) is 0 Å². The lowest BCUT2D eigenvalue weighted by Crippen LogP contribution is -2.53. The summed E-state index contributed by atoms with van der Waals surface area (Å²) in [6.45, 7) is 8.66. The van der Waals surface area contributed by atoms with E-state index in [-0.39, 0.29) is 29.3 Å². The fourth-order valence-electron chi connectivity index (χ4n) is 3.12. The number of ether oxygens (including phenoxy) is 2. The number of hydrogen-bond donors (Lipinski definition) is 0. The first-order chi connectivity index (χ1) is 14.0. The fourth-order valence-corrected chi connectivity index (χ4v) is 5.38. The summed E-state index contributed by atoms with van der Waals surface area (Å²) in [6.07, 6.45) is 1.48. The standard InChI is InChI=1S/C20H30N2O7Si/c1-20(2,3)30(5,29-21-12-6-7-17(21)19(24)27-4)14-18(23)28-13-15-8-10-16(11-9-15)22(25)26/h8-11,17H,6-7,12-14H2,1-5H3/t17-,30?/m0/s1. The number of hydrogen-bond acceptors (Lipinski definition) is 8. The van der Waals surface area contributed by atoms with Crippen LogP contribution in [0.4, 0.5) is 5.69 Å². The Kier molecular flexibility index (Phi) is 7.73. The molecule has 1 fully saturated rings.